The lowest BCUT2D eigenvalue weighted by Crippen LogP contribution is -2.35. The Labute approximate surface area is 113 Å². The number of anilines is 1. The summed E-state index contributed by atoms with van der Waals surface area (Å²) in [5, 5.41) is 3.10. The smallest absolute Gasteiger partial charge is 0.274 e. The summed E-state index contributed by atoms with van der Waals surface area (Å²) in [5.41, 5.74) is 0.464. The van der Waals surface area contributed by atoms with Crippen molar-refractivity contribution in [3.8, 4) is 0 Å². The second-order valence-electron chi connectivity index (χ2n) is 5.45. The number of amides is 1. The molecule has 5 heteroatoms. The zero-order valence-corrected chi connectivity index (χ0v) is 11.3. The van der Waals surface area contributed by atoms with Crippen molar-refractivity contribution in [1.29, 1.82) is 0 Å². The van der Waals surface area contributed by atoms with E-state index in [0.29, 0.717) is 17.6 Å². The van der Waals surface area contributed by atoms with Crippen molar-refractivity contribution in [2.24, 2.45) is 5.92 Å². The number of nitrogens with one attached hydrogen (secondary N) is 1. The Balaban J connectivity index is 1.74. The molecule has 2 aliphatic rings. The fraction of sp³-hybridized carbons (Fsp3) is 0.643. The minimum absolute atomic E-state index is 0.0432. The normalized spacial score (nSPS) is 18.2. The molecule has 0 bridgehead atoms. The molecule has 1 aromatic heterocycles. The first-order valence-electron chi connectivity index (χ1n) is 7.15. The third-order valence-corrected chi connectivity index (χ3v) is 3.61. The summed E-state index contributed by atoms with van der Waals surface area (Å²) >= 11 is 0. The summed E-state index contributed by atoms with van der Waals surface area (Å²) in [6, 6.07) is 0.442. The standard InChI is InChI=1S/C14H20N4O/c1-2-16-13-8-15-7-12(17-13)14(19)18(11-5-6-11)9-10-3-4-10/h7-8,10-11H,2-6,9H2,1H3,(H,16,17). The van der Waals surface area contributed by atoms with Crippen LogP contribution in [0.3, 0.4) is 0 Å². The van der Waals surface area contributed by atoms with Crippen LogP contribution in [0.25, 0.3) is 0 Å². The molecule has 0 aromatic carbocycles. The molecule has 0 spiro atoms. The first-order valence-corrected chi connectivity index (χ1v) is 7.15. The molecule has 5 nitrogen and oxygen atoms in total. The van der Waals surface area contributed by atoms with Gasteiger partial charge >= 0.3 is 0 Å². The molecule has 2 fully saturated rings. The van der Waals surface area contributed by atoms with E-state index in [1.165, 1.54) is 12.8 Å². The molecule has 0 radical (unpaired) electrons. The Kier molecular flexibility index (Phi) is 3.36. The number of nitrogens with zero attached hydrogens (tertiary/aromatic N) is 3. The van der Waals surface area contributed by atoms with Crippen molar-refractivity contribution in [3.63, 3.8) is 0 Å². The van der Waals surface area contributed by atoms with Gasteiger partial charge in [0, 0.05) is 19.1 Å². The predicted molar refractivity (Wildman–Crippen MR) is 73.0 cm³/mol. The number of hydrogen-bond donors (Lipinski definition) is 1. The molecule has 102 valence electrons. The van der Waals surface area contributed by atoms with Crippen LogP contribution in [0.15, 0.2) is 12.4 Å². The molecule has 3 rings (SSSR count). The van der Waals surface area contributed by atoms with Crippen LogP contribution in [-0.2, 0) is 0 Å². The van der Waals surface area contributed by atoms with Gasteiger partial charge in [-0.1, -0.05) is 0 Å². The monoisotopic (exact) mass is 260 g/mol. The first-order chi connectivity index (χ1) is 9.28. The summed E-state index contributed by atoms with van der Waals surface area (Å²) in [4.78, 5) is 23.0. The van der Waals surface area contributed by atoms with E-state index in [0.717, 1.165) is 31.8 Å². The molecular formula is C14H20N4O. The Morgan fingerprint density at radius 1 is 1.37 bits per heavy atom. The highest BCUT2D eigenvalue weighted by Gasteiger charge is 2.37. The van der Waals surface area contributed by atoms with Crippen molar-refractivity contribution in [3.05, 3.63) is 18.1 Å². The number of rotatable bonds is 6. The molecular weight excluding hydrogens is 240 g/mol. The lowest BCUT2D eigenvalue weighted by Gasteiger charge is -2.21. The SMILES string of the molecule is CCNc1cncc(C(=O)N(CC2CC2)C2CC2)n1. The highest BCUT2D eigenvalue weighted by Crippen LogP contribution is 2.35. The van der Waals surface area contributed by atoms with Crippen LogP contribution in [0.4, 0.5) is 5.82 Å². The molecule has 2 aliphatic carbocycles. The minimum atomic E-state index is 0.0432. The van der Waals surface area contributed by atoms with E-state index in [1.54, 1.807) is 12.4 Å². The Hall–Kier alpha value is -1.65. The third-order valence-electron chi connectivity index (χ3n) is 3.61. The van der Waals surface area contributed by atoms with Crippen molar-refractivity contribution in [2.75, 3.05) is 18.4 Å². The number of aromatic nitrogens is 2. The molecule has 2 saturated carbocycles. The topological polar surface area (TPSA) is 58.1 Å². The predicted octanol–water partition coefficient (Wildman–Crippen LogP) is 1.92. The van der Waals surface area contributed by atoms with Gasteiger partial charge in [-0.15, -0.1) is 0 Å². The number of carbonyl (C=O) groups is 1. The van der Waals surface area contributed by atoms with Crippen LogP contribution in [-0.4, -0.2) is 39.9 Å². The molecule has 0 saturated heterocycles. The van der Waals surface area contributed by atoms with Gasteiger partial charge in [0.05, 0.1) is 12.4 Å². The van der Waals surface area contributed by atoms with Crippen LogP contribution in [0.5, 0.6) is 0 Å². The van der Waals surface area contributed by atoms with Gasteiger partial charge in [-0.25, -0.2) is 4.98 Å². The molecule has 0 unspecified atom stereocenters. The van der Waals surface area contributed by atoms with Gasteiger partial charge in [0.25, 0.3) is 5.91 Å². The second kappa shape index (κ2) is 5.15. The second-order valence-corrected chi connectivity index (χ2v) is 5.45. The summed E-state index contributed by atoms with van der Waals surface area (Å²) < 4.78 is 0. The third kappa shape index (κ3) is 3.03. The Morgan fingerprint density at radius 2 is 2.16 bits per heavy atom. The lowest BCUT2D eigenvalue weighted by molar-refractivity contribution is 0.0728. The van der Waals surface area contributed by atoms with Crippen LogP contribution in [0.2, 0.25) is 0 Å². The van der Waals surface area contributed by atoms with Crippen LogP contribution in [0, 0.1) is 5.92 Å². The van der Waals surface area contributed by atoms with Gasteiger partial charge in [-0.2, -0.15) is 0 Å². The average molecular weight is 260 g/mol. The van der Waals surface area contributed by atoms with Gasteiger partial charge in [0.15, 0.2) is 0 Å². The van der Waals surface area contributed by atoms with E-state index < -0.39 is 0 Å². The van der Waals surface area contributed by atoms with Gasteiger partial charge in [-0.3, -0.25) is 9.78 Å². The molecule has 1 amide bonds. The van der Waals surface area contributed by atoms with Gasteiger partial charge in [-0.05, 0) is 38.5 Å². The molecule has 0 atom stereocenters. The minimum Gasteiger partial charge on any atom is -0.369 e. The van der Waals surface area contributed by atoms with E-state index in [9.17, 15) is 4.79 Å². The van der Waals surface area contributed by atoms with Crippen LogP contribution < -0.4 is 5.32 Å². The van der Waals surface area contributed by atoms with Crippen LogP contribution in [0.1, 0.15) is 43.1 Å². The molecule has 1 N–H and O–H groups in total. The number of hydrogen-bond acceptors (Lipinski definition) is 4. The fourth-order valence-electron chi connectivity index (χ4n) is 2.25. The zero-order chi connectivity index (χ0) is 13.2. The summed E-state index contributed by atoms with van der Waals surface area (Å²) in [7, 11) is 0. The summed E-state index contributed by atoms with van der Waals surface area (Å²) in [6.45, 7) is 3.68. The summed E-state index contributed by atoms with van der Waals surface area (Å²) in [6.07, 6.45) is 8.03. The van der Waals surface area contributed by atoms with Crippen molar-refractivity contribution in [1.82, 2.24) is 14.9 Å². The van der Waals surface area contributed by atoms with E-state index in [2.05, 4.69) is 15.3 Å². The maximum Gasteiger partial charge on any atom is 0.274 e. The fourth-order valence-corrected chi connectivity index (χ4v) is 2.25. The van der Waals surface area contributed by atoms with E-state index in [1.807, 2.05) is 11.8 Å². The van der Waals surface area contributed by atoms with Crippen LogP contribution >= 0.6 is 0 Å². The maximum absolute atomic E-state index is 12.5. The van der Waals surface area contributed by atoms with Crippen molar-refractivity contribution in [2.45, 2.75) is 38.6 Å². The molecule has 0 aliphatic heterocycles. The van der Waals surface area contributed by atoms with Gasteiger partial charge in [0.1, 0.15) is 11.5 Å². The van der Waals surface area contributed by atoms with E-state index >= 15 is 0 Å². The van der Waals surface area contributed by atoms with Crippen molar-refractivity contribution < 1.29 is 4.79 Å². The van der Waals surface area contributed by atoms with E-state index in [-0.39, 0.29) is 5.91 Å². The molecule has 1 aromatic rings. The maximum atomic E-state index is 12.5. The number of carbonyl (C=O) groups excluding carboxylic acids is 1. The van der Waals surface area contributed by atoms with Gasteiger partial charge < -0.3 is 10.2 Å². The van der Waals surface area contributed by atoms with E-state index in [4.69, 9.17) is 0 Å². The first kappa shape index (κ1) is 12.4. The lowest BCUT2D eigenvalue weighted by atomic mass is 10.3. The summed E-state index contributed by atoms with van der Waals surface area (Å²) in [5.74, 6) is 1.44. The Morgan fingerprint density at radius 3 is 2.79 bits per heavy atom. The Bertz CT molecular complexity index is 468. The molecule has 1 heterocycles. The quantitative estimate of drug-likeness (QED) is 0.849. The highest BCUT2D eigenvalue weighted by molar-refractivity contribution is 5.92. The highest BCUT2D eigenvalue weighted by atomic mass is 16.2. The van der Waals surface area contributed by atoms with Gasteiger partial charge in [0.2, 0.25) is 0 Å². The van der Waals surface area contributed by atoms with Crippen molar-refractivity contribution >= 4 is 11.7 Å². The molecule has 19 heavy (non-hydrogen) atoms. The average Bonchev–Trinajstić information content (AvgIpc) is 3.28. The largest absolute Gasteiger partial charge is 0.369 e. The zero-order valence-electron chi connectivity index (χ0n) is 11.3.